The largest absolute Gasteiger partial charge is 0.220 e. The molecule has 0 saturated carbocycles. The Bertz CT molecular complexity index is 752. The first-order valence-electron chi connectivity index (χ1n) is 6.43. The van der Waals surface area contributed by atoms with Crippen LogP contribution in [0.15, 0.2) is 47.1 Å². The van der Waals surface area contributed by atoms with Gasteiger partial charge < -0.3 is 0 Å². The van der Waals surface area contributed by atoms with Gasteiger partial charge in [-0.3, -0.25) is 0 Å². The number of rotatable bonds is 3. The standard InChI is InChI=1S/C15H13Br2N3/c1-2-14(17)15-9-20(19-18-15)13-6-4-10-7-12(16)5-3-11(10)8-13/h3-9,14H,2H2,1H3. The maximum Gasteiger partial charge on any atom is 0.0967 e. The number of halogens is 2. The molecule has 20 heavy (non-hydrogen) atoms. The first-order valence-corrected chi connectivity index (χ1v) is 8.14. The van der Waals surface area contributed by atoms with E-state index in [1.807, 2.05) is 16.9 Å². The molecule has 0 N–H and O–H groups in total. The van der Waals surface area contributed by atoms with Crippen LogP contribution in [0.25, 0.3) is 16.5 Å². The van der Waals surface area contributed by atoms with Crippen molar-refractivity contribution in [1.82, 2.24) is 15.0 Å². The lowest BCUT2D eigenvalue weighted by Gasteiger charge is -2.04. The van der Waals surface area contributed by atoms with Crippen molar-refractivity contribution < 1.29 is 0 Å². The van der Waals surface area contributed by atoms with Crippen LogP contribution in [0.5, 0.6) is 0 Å². The highest BCUT2D eigenvalue weighted by atomic mass is 79.9. The molecule has 0 radical (unpaired) electrons. The number of benzene rings is 2. The monoisotopic (exact) mass is 393 g/mol. The molecule has 5 heteroatoms. The van der Waals surface area contributed by atoms with Crippen molar-refractivity contribution in [3.05, 3.63) is 52.8 Å². The molecule has 0 bridgehead atoms. The zero-order valence-corrected chi connectivity index (χ0v) is 14.1. The van der Waals surface area contributed by atoms with Gasteiger partial charge in [-0.1, -0.05) is 56.1 Å². The van der Waals surface area contributed by atoms with E-state index in [0.717, 1.165) is 22.3 Å². The second-order valence-electron chi connectivity index (χ2n) is 4.64. The maximum atomic E-state index is 4.22. The summed E-state index contributed by atoms with van der Waals surface area (Å²) < 4.78 is 2.91. The summed E-state index contributed by atoms with van der Waals surface area (Å²) in [5.74, 6) is 0. The zero-order chi connectivity index (χ0) is 14.1. The van der Waals surface area contributed by atoms with Crippen molar-refractivity contribution in [2.24, 2.45) is 0 Å². The van der Waals surface area contributed by atoms with Gasteiger partial charge in [-0.25, -0.2) is 4.68 Å². The molecule has 0 spiro atoms. The van der Waals surface area contributed by atoms with Crippen molar-refractivity contribution in [3.63, 3.8) is 0 Å². The van der Waals surface area contributed by atoms with E-state index in [-0.39, 0.29) is 4.83 Å². The van der Waals surface area contributed by atoms with Gasteiger partial charge in [-0.15, -0.1) is 5.10 Å². The van der Waals surface area contributed by atoms with Crippen LogP contribution in [0.2, 0.25) is 0 Å². The van der Waals surface area contributed by atoms with Crippen molar-refractivity contribution in [1.29, 1.82) is 0 Å². The molecule has 2 aromatic carbocycles. The van der Waals surface area contributed by atoms with Crippen LogP contribution in [0.1, 0.15) is 23.9 Å². The van der Waals surface area contributed by atoms with E-state index >= 15 is 0 Å². The Labute approximate surface area is 134 Å². The van der Waals surface area contributed by atoms with Gasteiger partial charge in [-0.05, 0) is 41.5 Å². The Morgan fingerprint density at radius 1 is 1.15 bits per heavy atom. The summed E-state index contributed by atoms with van der Waals surface area (Å²) in [6.45, 7) is 2.12. The van der Waals surface area contributed by atoms with E-state index in [0.29, 0.717) is 0 Å². The van der Waals surface area contributed by atoms with E-state index in [4.69, 9.17) is 0 Å². The number of hydrogen-bond acceptors (Lipinski definition) is 2. The average molecular weight is 395 g/mol. The molecule has 0 saturated heterocycles. The summed E-state index contributed by atoms with van der Waals surface area (Å²) in [6.07, 6.45) is 2.97. The van der Waals surface area contributed by atoms with Gasteiger partial charge in [-0.2, -0.15) is 0 Å². The molecule has 1 atom stereocenters. The highest BCUT2D eigenvalue weighted by Crippen LogP contribution is 2.25. The molecule has 0 aliphatic heterocycles. The van der Waals surface area contributed by atoms with Crippen LogP contribution in [0, 0.1) is 0 Å². The topological polar surface area (TPSA) is 30.7 Å². The van der Waals surface area contributed by atoms with Crippen molar-refractivity contribution >= 4 is 42.6 Å². The number of alkyl halides is 1. The fraction of sp³-hybridized carbons (Fsp3) is 0.200. The Hall–Kier alpha value is -1.20. The third kappa shape index (κ3) is 2.65. The fourth-order valence-corrected chi connectivity index (χ4v) is 2.69. The van der Waals surface area contributed by atoms with Crippen LogP contribution in [0.3, 0.4) is 0 Å². The third-order valence-electron chi connectivity index (χ3n) is 3.24. The van der Waals surface area contributed by atoms with Crippen LogP contribution >= 0.6 is 31.9 Å². The van der Waals surface area contributed by atoms with Gasteiger partial charge >= 0.3 is 0 Å². The van der Waals surface area contributed by atoms with Gasteiger partial charge in [0, 0.05) is 4.47 Å². The van der Waals surface area contributed by atoms with E-state index in [2.05, 4.69) is 79.4 Å². The first kappa shape index (κ1) is 13.8. The smallest absolute Gasteiger partial charge is 0.0967 e. The number of fused-ring (bicyclic) bond motifs is 1. The minimum absolute atomic E-state index is 0.257. The Morgan fingerprint density at radius 2 is 1.90 bits per heavy atom. The molecule has 0 aliphatic rings. The second-order valence-corrected chi connectivity index (χ2v) is 6.66. The van der Waals surface area contributed by atoms with E-state index in [1.54, 1.807) is 0 Å². The predicted molar refractivity (Wildman–Crippen MR) is 88.5 cm³/mol. The van der Waals surface area contributed by atoms with E-state index in [1.165, 1.54) is 10.8 Å². The highest BCUT2D eigenvalue weighted by molar-refractivity contribution is 9.10. The summed E-state index contributed by atoms with van der Waals surface area (Å²) in [4.78, 5) is 0.257. The first-order chi connectivity index (χ1) is 9.67. The van der Waals surface area contributed by atoms with E-state index < -0.39 is 0 Å². The molecule has 102 valence electrons. The summed E-state index contributed by atoms with van der Waals surface area (Å²) in [5.41, 5.74) is 1.98. The lowest BCUT2D eigenvalue weighted by molar-refractivity contribution is 0.791. The molecule has 1 aromatic heterocycles. The van der Waals surface area contributed by atoms with Gasteiger partial charge in [0.25, 0.3) is 0 Å². The van der Waals surface area contributed by atoms with E-state index in [9.17, 15) is 0 Å². The van der Waals surface area contributed by atoms with Crippen LogP contribution in [-0.2, 0) is 0 Å². The van der Waals surface area contributed by atoms with Crippen LogP contribution in [0.4, 0.5) is 0 Å². The Morgan fingerprint density at radius 3 is 2.70 bits per heavy atom. The SMILES string of the molecule is CCC(Br)c1cn(-c2ccc3cc(Br)ccc3c2)nn1. The molecule has 3 rings (SSSR count). The molecule has 1 heterocycles. The Kier molecular flexibility index (Phi) is 3.89. The summed E-state index contributed by atoms with van der Waals surface area (Å²) in [6, 6.07) is 12.5. The quantitative estimate of drug-likeness (QED) is 0.583. The van der Waals surface area contributed by atoms with Gasteiger partial charge in [0.15, 0.2) is 0 Å². The lowest BCUT2D eigenvalue weighted by Crippen LogP contribution is -1.94. The number of hydrogen-bond donors (Lipinski definition) is 0. The second kappa shape index (κ2) is 5.66. The van der Waals surface area contributed by atoms with Gasteiger partial charge in [0.05, 0.1) is 22.4 Å². The van der Waals surface area contributed by atoms with Gasteiger partial charge in [0.1, 0.15) is 0 Å². The number of aromatic nitrogens is 3. The third-order valence-corrected chi connectivity index (χ3v) is 4.85. The lowest BCUT2D eigenvalue weighted by atomic mass is 10.1. The molecular weight excluding hydrogens is 382 g/mol. The van der Waals surface area contributed by atoms with Crippen LogP contribution in [-0.4, -0.2) is 15.0 Å². The number of nitrogens with zero attached hydrogens (tertiary/aromatic N) is 3. The van der Waals surface area contributed by atoms with Crippen molar-refractivity contribution in [2.45, 2.75) is 18.2 Å². The average Bonchev–Trinajstić information content (AvgIpc) is 2.95. The fourth-order valence-electron chi connectivity index (χ4n) is 2.10. The van der Waals surface area contributed by atoms with Crippen molar-refractivity contribution in [2.75, 3.05) is 0 Å². The normalized spacial score (nSPS) is 12.8. The molecular formula is C15H13Br2N3. The minimum Gasteiger partial charge on any atom is -0.220 e. The Balaban J connectivity index is 2.01. The zero-order valence-electron chi connectivity index (χ0n) is 10.9. The minimum atomic E-state index is 0.257. The summed E-state index contributed by atoms with van der Waals surface area (Å²) >= 11 is 7.09. The van der Waals surface area contributed by atoms with Crippen LogP contribution < -0.4 is 0 Å². The highest BCUT2D eigenvalue weighted by Gasteiger charge is 2.10. The molecule has 3 nitrogen and oxygen atoms in total. The molecule has 1 unspecified atom stereocenters. The molecule has 3 aromatic rings. The predicted octanol–water partition coefficient (Wildman–Crippen LogP) is 5.03. The molecule has 0 aliphatic carbocycles. The van der Waals surface area contributed by atoms with Gasteiger partial charge in [0.2, 0.25) is 0 Å². The summed E-state index contributed by atoms with van der Waals surface area (Å²) in [7, 11) is 0. The molecule has 0 amide bonds. The van der Waals surface area contributed by atoms with Crippen molar-refractivity contribution in [3.8, 4) is 5.69 Å². The maximum absolute atomic E-state index is 4.22. The molecule has 0 fully saturated rings. The summed E-state index contributed by atoms with van der Waals surface area (Å²) in [5, 5.41) is 10.8.